The maximum absolute atomic E-state index is 11.7. The SMILES string of the molecule is O=C(CCCc1cccs1)NCC(O)c1ccccc1Cl. The van der Waals surface area contributed by atoms with E-state index in [0.29, 0.717) is 17.0 Å². The zero-order valence-corrected chi connectivity index (χ0v) is 13.2. The van der Waals surface area contributed by atoms with Crippen molar-refractivity contribution in [2.24, 2.45) is 0 Å². The van der Waals surface area contributed by atoms with Gasteiger partial charge in [-0.25, -0.2) is 0 Å². The number of thiophene rings is 1. The molecule has 1 atom stereocenters. The summed E-state index contributed by atoms with van der Waals surface area (Å²) >= 11 is 7.71. The highest BCUT2D eigenvalue weighted by atomic mass is 35.5. The van der Waals surface area contributed by atoms with Crippen LogP contribution in [0.2, 0.25) is 5.02 Å². The summed E-state index contributed by atoms with van der Waals surface area (Å²) < 4.78 is 0. The fraction of sp³-hybridized carbons (Fsp3) is 0.312. The number of carbonyl (C=O) groups excluding carboxylic acids is 1. The van der Waals surface area contributed by atoms with Crippen LogP contribution in [-0.2, 0) is 11.2 Å². The van der Waals surface area contributed by atoms with Crippen molar-refractivity contribution < 1.29 is 9.90 Å². The molecule has 0 fully saturated rings. The highest BCUT2D eigenvalue weighted by molar-refractivity contribution is 7.09. The molecule has 1 unspecified atom stereocenters. The lowest BCUT2D eigenvalue weighted by Crippen LogP contribution is -2.28. The Morgan fingerprint density at radius 1 is 1.29 bits per heavy atom. The zero-order valence-electron chi connectivity index (χ0n) is 11.6. The highest BCUT2D eigenvalue weighted by Crippen LogP contribution is 2.21. The molecule has 1 aromatic carbocycles. The Labute approximate surface area is 133 Å². The minimum atomic E-state index is -0.778. The Balaban J connectivity index is 1.70. The quantitative estimate of drug-likeness (QED) is 0.818. The number of rotatable bonds is 7. The standard InChI is InChI=1S/C16H18ClNO2S/c17-14-8-2-1-7-13(14)15(19)11-18-16(20)9-3-5-12-6-4-10-21-12/h1-2,4,6-8,10,15,19H,3,5,9,11H2,(H,18,20). The normalized spacial score (nSPS) is 12.1. The second-order valence-corrected chi connectivity index (χ2v) is 6.21. The van der Waals surface area contributed by atoms with E-state index >= 15 is 0 Å². The van der Waals surface area contributed by atoms with Gasteiger partial charge in [-0.15, -0.1) is 11.3 Å². The van der Waals surface area contributed by atoms with Gasteiger partial charge < -0.3 is 10.4 Å². The van der Waals surface area contributed by atoms with Gasteiger partial charge in [0.15, 0.2) is 0 Å². The molecule has 0 aliphatic rings. The molecule has 2 rings (SSSR count). The van der Waals surface area contributed by atoms with Crippen LogP contribution in [0.3, 0.4) is 0 Å². The Kier molecular flexibility index (Phi) is 6.23. The van der Waals surface area contributed by atoms with E-state index in [4.69, 9.17) is 11.6 Å². The third kappa shape index (κ3) is 5.16. The summed E-state index contributed by atoms with van der Waals surface area (Å²) in [5, 5.41) is 15.3. The molecule has 0 aliphatic carbocycles. The predicted octanol–water partition coefficient (Wildman–Crippen LogP) is 3.57. The maximum Gasteiger partial charge on any atom is 0.220 e. The summed E-state index contributed by atoms with van der Waals surface area (Å²) in [6, 6.07) is 11.2. The van der Waals surface area contributed by atoms with Gasteiger partial charge in [-0.1, -0.05) is 35.9 Å². The van der Waals surface area contributed by atoms with Crippen LogP contribution >= 0.6 is 22.9 Å². The van der Waals surface area contributed by atoms with Crippen molar-refractivity contribution in [3.05, 3.63) is 57.2 Å². The number of benzene rings is 1. The Bertz CT molecular complexity index is 571. The molecule has 5 heteroatoms. The van der Waals surface area contributed by atoms with E-state index in [9.17, 15) is 9.90 Å². The molecule has 0 bridgehead atoms. The van der Waals surface area contributed by atoms with Gasteiger partial charge in [0.25, 0.3) is 0 Å². The van der Waals surface area contributed by atoms with E-state index in [2.05, 4.69) is 11.4 Å². The zero-order chi connectivity index (χ0) is 15.1. The second-order valence-electron chi connectivity index (χ2n) is 4.77. The molecule has 3 nitrogen and oxygen atoms in total. The molecule has 1 heterocycles. The number of aliphatic hydroxyl groups is 1. The van der Waals surface area contributed by atoms with Crippen molar-refractivity contribution in [1.29, 1.82) is 0 Å². The summed E-state index contributed by atoms with van der Waals surface area (Å²) in [6.07, 6.45) is 1.42. The first-order valence-electron chi connectivity index (χ1n) is 6.88. The molecule has 21 heavy (non-hydrogen) atoms. The van der Waals surface area contributed by atoms with Gasteiger partial charge in [0.05, 0.1) is 6.10 Å². The number of aliphatic hydroxyl groups excluding tert-OH is 1. The molecule has 0 aliphatic heterocycles. The number of amides is 1. The summed E-state index contributed by atoms with van der Waals surface area (Å²) in [4.78, 5) is 13.0. The van der Waals surface area contributed by atoms with Crippen LogP contribution in [0.15, 0.2) is 41.8 Å². The number of aryl methyl sites for hydroxylation is 1. The molecule has 0 saturated carbocycles. The lowest BCUT2D eigenvalue weighted by molar-refractivity contribution is -0.121. The van der Waals surface area contributed by atoms with Crippen molar-refractivity contribution in [2.45, 2.75) is 25.4 Å². The van der Waals surface area contributed by atoms with E-state index in [1.165, 1.54) is 4.88 Å². The Morgan fingerprint density at radius 2 is 2.10 bits per heavy atom. The number of hydrogen-bond acceptors (Lipinski definition) is 3. The topological polar surface area (TPSA) is 49.3 Å². The number of hydrogen-bond donors (Lipinski definition) is 2. The van der Waals surface area contributed by atoms with Gasteiger partial charge in [0.2, 0.25) is 5.91 Å². The van der Waals surface area contributed by atoms with Crippen LogP contribution in [0.4, 0.5) is 0 Å². The van der Waals surface area contributed by atoms with Crippen LogP contribution in [-0.4, -0.2) is 17.6 Å². The summed E-state index contributed by atoms with van der Waals surface area (Å²) in [7, 11) is 0. The van der Waals surface area contributed by atoms with Crippen LogP contribution < -0.4 is 5.32 Å². The first-order valence-corrected chi connectivity index (χ1v) is 8.14. The summed E-state index contributed by atoms with van der Waals surface area (Å²) in [5.41, 5.74) is 0.637. The molecular weight excluding hydrogens is 306 g/mol. The average Bonchev–Trinajstić information content (AvgIpc) is 2.98. The molecule has 1 amide bonds. The molecule has 0 saturated heterocycles. The molecular formula is C16H18ClNO2S. The van der Waals surface area contributed by atoms with Gasteiger partial charge in [0.1, 0.15) is 0 Å². The molecule has 1 aromatic heterocycles. The largest absolute Gasteiger partial charge is 0.387 e. The molecule has 112 valence electrons. The Hall–Kier alpha value is -1.36. The number of halogens is 1. The van der Waals surface area contributed by atoms with E-state index < -0.39 is 6.10 Å². The number of carbonyl (C=O) groups is 1. The smallest absolute Gasteiger partial charge is 0.220 e. The molecule has 2 aromatic rings. The number of nitrogens with one attached hydrogen (secondary N) is 1. The average molecular weight is 324 g/mol. The van der Waals surface area contributed by atoms with Crippen LogP contribution in [0.5, 0.6) is 0 Å². The van der Waals surface area contributed by atoms with Crippen molar-refractivity contribution in [3.8, 4) is 0 Å². The van der Waals surface area contributed by atoms with Gasteiger partial charge in [-0.05, 0) is 30.4 Å². The second kappa shape index (κ2) is 8.17. The molecule has 0 radical (unpaired) electrons. The van der Waals surface area contributed by atoms with E-state index in [1.807, 2.05) is 23.6 Å². The van der Waals surface area contributed by atoms with Crippen molar-refractivity contribution in [1.82, 2.24) is 5.32 Å². The van der Waals surface area contributed by atoms with Gasteiger partial charge in [-0.3, -0.25) is 4.79 Å². The fourth-order valence-electron chi connectivity index (χ4n) is 2.03. The first-order chi connectivity index (χ1) is 10.2. The van der Waals surface area contributed by atoms with Crippen LogP contribution in [0.25, 0.3) is 0 Å². The fourth-order valence-corrected chi connectivity index (χ4v) is 3.05. The van der Waals surface area contributed by atoms with Gasteiger partial charge in [-0.2, -0.15) is 0 Å². The summed E-state index contributed by atoms with van der Waals surface area (Å²) in [6.45, 7) is 0.182. The van der Waals surface area contributed by atoms with Crippen molar-refractivity contribution >= 4 is 28.8 Å². The minimum absolute atomic E-state index is 0.0438. The van der Waals surface area contributed by atoms with Crippen LogP contribution in [0, 0.1) is 0 Å². The van der Waals surface area contributed by atoms with Crippen molar-refractivity contribution in [3.63, 3.8) is 0 Å². The molecule has 0 spiro atoms. The van der Waals surface area contributed by atoms with E-state index in [0.717, 1.165) is 12.8 Å². The third-order valence-corrected chi connectivity index (χ3v) is 4.44. The Morgan fingerprint density at radius 3 is 2.81 bits per heavy atom. The molecule has 2 N–H and O–H groups in total. The monoisotopic (exact) mass is 323 g/mol. The van der Waals surface area contributed by atoms with Crippen molar-refractivity contribution in [2.75, 3.05) is 6.54 Å². The van der Waals surface area contributed by atoms with Crippen LogP contribution in [0.1, 0.15) is 29.4 Å². The lowest BCUT2D eigenvalue weighted by Gasteiger charge is -2.13. The first kappa shape index (κ1) is 16.0. The lowest BCUT2D eigenvalue weighted by atomic mass is 10.1. The predicted molar refractivity (Wildman–Crippen MR) is 86.7 cm³/mol. The minimum Gasteiger partial charge on any atom is -0.387 e. The van der Waals surface area contributed by atoms with Gasteiger partial charge in [0, 0.05) is 28.4 Å². The maximum atomic E-state index is 11.7. The van der Waals surface area contributed by atoms with Gasteiger partial charge >= 0.3 is 0 Å². The van der Waals surface area contributed by atoms with E-state index in [-0.39, 0.29) is 12.5 Å². The highest BCUT2D eigenvalue weighted by Gasteiger charge is 2.12. The third-order valence-electron chi connectivity index (χ3n) is 3.16. The van der Waals surface area contributed by atoms with E-state index in [1.54, 1.807) is 23.5 Å². The summed E-state index contributed by atoms with van der Waals surface area (Å²) in [5.74, 6) is -0.0438.